The molecule has 0 aliphatic carbocycles. The number of nitrogens with zero attached hydrogens (tertiary/aromatic N) is 1. The summed E-state index contributed by atoms with van der Waals surface area (Å²) in [7, 11) is 0. The first-order valence-corrected chi connectivity index (χ1v) is 9.28. The Morgan fingerprint density at radius 2 is 1.40 bits per heavy atom. The maximum absolute atomic E-state index is 5.00. The van der Waals surface area contributed by atoms with Gasteiger partial charge < -0.3 is 0 Å². The van der Waals surface area contributed by atoms with Gasteiger partial charge >= 0.3 is 0 Å². The van der Waals surface area contributed by atoms with Gasteiger partial charge in [0.15, 0.2) is 0 Å². The second-order valence-corrected chi connectivity index (χ2v) is 7.16. The summed E-state index contributed by atoms with van der Waals surface area (Å²) >= 11 is 1.75. The van der Waals surface area contributed by atoms with Crippen LogP contribution in [-0.4, -0.2) is 4.98 Å². The molecular weight excluding hydrogens is 322 g/mol. The van der Waals surface area contributed by atoms with E-state index in [-0.39, 0.29) is 0 Å². The molecule has 0 saturated carbocycles. The van der Waals surface area contributed by atoms with Gasteiger partial charge in [0.2, 0.25) is 0 Å². The highest BCUT2D eigenvalue weighted by atomic mass is 32.1. The van der Waals surface area contributed by atoms with Gasteiger partial charge in [-0.25, -0.2) is 4.98 Å². The van der Waals surface area contributed by atoms with Gasteiger partial charge in [-0.05, 0) is 59.7 Å². The van der Waals surface area contributed by atoms with Crippen LogP contribution in [0.25, 0.3) is 33.0 Å². The second kappa shape index (κ2) is 6.66. The molecule has 0 radical (unpaired) electrons. The maximum atomic E-state index is 5.00. The molecule has 0 N–H and O–H groups in total. The highest BCUT2D eigenvalue weighted by molar-refractivity contribution is 7.13. The van der Waals surface area contributed by atoms with Crippen molar-refractivity contribution < 1.29 is 0 Å². The number of rotatable bonds is 3. The molecule has 0 spiro atoms. The van der Waals surface area contributed by atoms with Crippen molar-refractivity contribution in [1.82, 2.24) is 4.98 Å². The first kappa shape index (κ1) is 15.8. The fourth-order valence-electron chi connectivity index (χ4n) is 3.08. The van der Waals surface area contributed by atoms with E-state index in [1.54, 1.807) is 11.3 Å². The van der Waals surface area contributed by atoms with E-state index in [0.717, 1.165) is 11.4 Å². The zero-order valence-electron chi connectivity index (χ0n) is 14.4. The topological polar surface area (TPSA) is 12.9 Å². The largest absolute Gasteiger partial charge is 0.247 e. The minimum atomic E-state index is 1.03. The Hall–Kier alpha value is -2.71. The molecule has 25 heavy (non-hydrogen) atoms. The molecule has 0 saturated heterocycles. The minimum absolute atomic E-state index is 1.03. The summed E-state index contributed by atoms with van der Waals surface area (Å²) in [6, 6.07) is 25.5. The van der Waals surface area contributed by atoms with E-state index in [4.69, 9.17) is 4.98 Å². The third-order valence-corrected chi connectivity index (χ3v) is 5.49. The standard InChI is InChI=1S/C23H19NS/c1-16-8-6-7-11-20(16)21-14-19(18-9-4-3-5-10-18)15-22(24-21)23-17(2)12-13-25-23/h3-15H,1-2H3. The van der Waals surface area contributed by atoms with Crippen molar-refractivity contribution in [2.45, 2.75) is 13.8 Å². The summed E-state index contributed by atoms with van der Waals surface area (Å²) in [5, 5.41) is 2.13. The summed E-state index contributed by atoms with van der Waals surface area (Å²) in [5.74, 6) is 0. The molecule has 4 rings (SSSR count). The minimum Gasteiger partial charge on any atom is -0.247 e. The third kappa shape index (κ3) is 3.13. The molecule has 2 heterocycles. The van der Waals surface area contributed by atoms with Gasteiger partial charge in [-0.2, -0.15) is 0 Å². The number of hydrogen-bond acceptors (Lipinski definition) is 2. The zero-order valence-corrected chi connectivity index (χ0v) is 15.2. The van der Waals surface area contributed by atoms with Crippen LogP contribution in [0.4, 0.5) is 0 Å². The van der Waals surface area contributed by atoms with Crippen LogP contribution in [0.1, 0.15) is 11.1 Å². The Morgan fingerprint density at radius 3 is 2.12 bits per heavy atom. The van der Waals surface area contributed by atoms with Gasteiger partial charge in [-0.3, -0.25) is 0 Å². The highest BCUT2D eigenvalue weighted by Crippen LogP contribution is 2.34. The fraction of sp³-hybridized carbons (Fsp3) is 0.0870. The van der Waals surface area contributed by atoms with Crippen LogP contribution in [0.3, 0.4) is 0 Å². The number of benzene rings is 2. The Labute approximate surface area is 152 Å². The Morgan fingerprint density at radius 1 is 0.680 bits per heavy atom. The smallest absolute Gasteiger partial charge is 0.0818 e. The van der Waals surface area contributed by atoms with Crippen molar-refractivity contribution in [2.24, 2.45) is 0 Å². The summed E-state index contributed by atoms with van der Waals surface area (Å²) in [6.45, 7) is 4.29. The monoisotopic (exact) mass is 341 g/mol. The van der Waals surface area contributed by atoms with Gasteiger partial charge in [0.1, 0.15) is 0 Å². The molecule has 0 fully saturated rings. The number of aromatic nitrogens is 1. The normalized spacial score (nSPS) is 10.8. The number of hydrogen-bond donors (Lipinski definition) is 0. The number of pyridine rings is 1. The van der Waals surface area contributed by atoms with Crippen molar-refractivity contribution in [1.29, 1.82) is 0 Å². The predicted molar refractivity (Wildman–Crippen MR) is 108 cm³/mol. The Kier molecular flexibility index (Phi) is 4.21. The van der Waals surface area contributed by atoms with Crippen LogP contribution >= 0.6 is 11.3 Å². The van der Waals surface area contributed by atoms with E-state index in [0.29, 0.717) is 0 Å². The third-order valence-electron chi connectivity index (χ3n) is 4.45. The molecule has 0 aliphatic heterocycles. The van der Waals surface area contributed by atoms with Gasteiger partial charge in [0.05, 0.1) is 16.3 Å². The molecule has 122 valence electrons. The van der Waals surface area contributed by atoms with E-state index in [1.165, 1.54) is 32.7 Å². The molecule has 2 aromatic carbocycles. The van der Waals surface area contributed by atoms with Crippen molar-refractivity contribution >= 4 is 11.3 Å². The van der Waals surface area contributed by atoms with E-state index < -0.39 is 0 Å². The Balaban J connectivity index is 1.96. The van der Waals surface area contributed by atoms with Gasteiger partial charge in [0, 0.05) is 5.56 Å². The lowest BCUT2D eigenvalue weighted by Crippen LogP contribution is -1.92. The average Bonchev–Trinajstić information content (AvgIpc) is 3.08. The first-order chi connectivity index (χ1) is 12.2. The van der Waals surface area contributed by atoms with Crippen molar-refractivity contribution in [3.8, 4) is 33.0 Å². The lowest BCUT2D eigenvalue weighted by molar-refractivity contribution is 1.31. The van der Waals surface area contributed by atoms with Gasteiger partial charge in [-0.15, -0.1) is 11.3 Å². The van der Waals surface area contributed by atoms with Crippen LogP contribution in [0.2, 0.25) is 0 Å². The van der Waals surface area contributed by atoms with Crippen molar-refractivity contribution in [3.63, 3.8) is 0 Å². The number of thiophene rings is 1. The highest BCUT2D eigenvalue weighted by Gasteiger charge is 2.12. The molecule has 1 nitrogen and oxygen atoms in total. The molecule has 2 heteroatoms. The molecule has 0 bridgehead atoms. The molecule has 0 unspecified atom stereocenters. The number of aryl methyl sites for hydroxylation is 2. The summed E-state index contributed by atoms with van der Waals surface area (Å²) in [4.78, 5) is 6.25. The van der Waals surface area contributed by atoms with Crippen LogP contribution in [-0.2, 0) is 0 Å². The molecule has 0 atom stereocenters. The first-order valence-electron chi connectivity index (χ1n) is 8.40. The average molecular weight is 341 g/mol. The van der Waals surface area contributed by atoms with Crippen LogP contribution in [0, 0.1) is 13.8 Å². The fourth-order valence-corrected chi connectivity index (χ4v) is 3.97. The van der Waals surface area contributed by atoms with E-state index in [2.05, 4.69) is 92.0 Å². The van der Waals surface area contributed by atoms with E-state index in [1.807, 2.05) is 0 Å². The molecule has 0 amide bonds. The molecular formula is C23H19NS. The summed E-state index contributed by atoms with van der Waals surface area (Å²) in [5.41, 5.74) is 8.21. The predicted octanol–water partition coefficient (Wildman–Crippen LogP) is 6.76. The Bertz CT molecular complexity index is 1020. The van der Waals surface area contributed by atoms with Gasteiger partial charge in [0.25, 0.3) is 0 Å². The lowest BCUT2D eigenvalue weighted by Gasteiger charge is -2.11. The van der Waals surface area contributed by atoms with Gasteiger partial charge in [-0.1, -0.05) is 54.6 Å². The van der Waals surface area contributed by atoms with E-state index >= 15 is 0 Å². The summed E-state index contributed by atoms with van der Waals surface area (Å²) in [6.07, 6.45) is 0. The quantitative estimate of drug-likeness (QED) is 0.401. The lowest BCUT2D eigenvalue weighted by atomic mass is 9.99. The van der Waals surface area contributed by atoms with Crippen LogP contribution in [0.5, 0.6) is 0 Å². The molecule has 2 aromatic heterocycles. The van der Waals surface area contributed by atoms with E-state index in [9.17, 15) is 0 Å². The van der Waals surface area contributed by atoms with Crippen LogP contribution < -0.4 is 0 Å². The maximum Gasteiger partial charge on any atom is 0.0818 e. The van der Waals surface area contributed by atoms with Crippen molar-refractivity contribution in [3.05, 3.63) is 89.3 Å². The summed E-state index contributed by atoms with van der Waals surface area (Å²) < 4.78 is 0. The van der Waals surface area contributed by atoms with Crippen LogP contribution in [0.15, 0.2) is 78.2 Å². The molecule has 0 aliphatic rings. The SMILES string of the molecule is Cc1ccccc1-c1cc(-c2ccccc2)cc(-c2sccc2C)n1. The van der Waals surface area contributed by atoms with Crippen molar-refractivity contribution in [2.75, 3.05) is 0 Å². The molecule has 4 aromatic rings. The zero-order chi connectivity index (χ0) is 17.2. The second-order valence-electron chi connectivity index (χ2n) is 6.24.